The van der Waals surface area contributed by atoms with E-state index in [1.54, 1.807) is 54.4 Å². The van der Waals surface area contributed by atoms with Crippen molar-refractivity contribution in [1.29, 1.82) is 0 Å². The molecule has 0 saturated heterocycles. The maximum Gasteiger partial charge on any atom is 0.261 e. The first kappa shape index (κ1) is 21.3. The number of hydrogen-bond donors (Lipinski definition) is 0. The smallest absolute Gasteiger partial charge is 0.261 e. The average molecular weight is 428 g/mol. The fourth-order valence-electron chi connectivity index (χ4n) is 3.96. The summed E-state index contributed by atoms with van der Waals surface area (Å²) in [5.41, 5.74) is 4.67. The van der Waals surface area contributed by atoms with Crippen molar-refractivity contribution in [3.63, 3.8) is 0 Å². The van der Waals surface area contributed by atoms with Crippen LogP contribution in [-0.2, 0) is 6.54 Å². The van der Waals surface area contributed by atoms with E-state index in [0.29, 0.717) is 28.0 Å². The average Bonchev–Trinajstić information content (AvgIpc) is 3.04. The van der Waals surface area contributed by atoms with Gasteiger partial charge in [0, 0.05) is 12.7 Å². The second-order valence-corrected chi connectivity index (χ2v) is 7.93. The molecule has 0 saturated carbocycles. The van der Waals surface area contributed by atoms with E-state index in [1.807, 2.05) is 32.0 Å². The van der Waals surface area contributed by atoms with Crippen molar-refractivity contribution >= 4 is 23.4 Å². The zero-order valence-electron chi connectivity index (χ0n) is 18.5. The number of nitrogens with zero attached hydrogens (tertiary/aromatic N) is 2. The SMILES string of the molecule is COc1ccc(CN2C(=O)c3ccccc3C2=O)cc1C(=O)N(C)c1cc(C)ccc1C. The van der Waals surface area contributed by atoms with Crippen molar-refractivity contribution in [1.82, 2.24) is 4.90 Å². The molecular formula is C26H24N2O4. The van der Waals surface area contributed by atoms with Crippen LogP contribution < -0.4 is 9.64 Å². The molecule has 0 atom stereocenters. The zero-order valence-corrected chi connectivity index (χ0v) is 18.5. The maximum atomic E-state index is 13.4. The Labute approximate surface area is 187 Å². The van der Waals surface area contributed by atoms with Crippen molar-refractivity contribution in [3.05, 3.63) is 94.0 Å². The second kappa shape index (κ2) is 8.30. The number of aryl methyl sites for hydroxylation is 2. The van der Waals surface area contributed by atoms with Crippen molar-refractivity contribution in [2.75, 3.05) is 19.1 Å². The Hall–Kier alpha value is -3.93. The number of amides is 3. The summed E-state index contributed by atoms with van der Waals surface area (Å²) >= 11 is 0. The van der Waals surface area contributed by atoms with Crippen LogP contribution >= 0.6 is 0 Å². The number of hydrogen-bond acceptors (Lipinski definition) is 4. The van der Waals surface area contributed by atoms with Gasteiger partial charge in [-0.05, 0) is 60.9 Å². The minimum atomic E-state index is -0.332. The number of carbonyl (C=O) groups is 3. The summed E-state index contributed by atoms with van der Waals surface area (Å²) in [6.45, 7) is 4.00. The van der Waals surface area contributed by atoms with Gasteiger partial charge in [-0.25, -0.2) is 0 Å². The van der Waals surface area contributed by atoms with Gasteiger partial charge in [0.15, 0.2) is 0 Å². The second-order valence-electron chi connectivity index (χ2n) is 7.93. The predicted octanol–water partition coefficient (Wildman–Crippen LogP) is 4.38. The van der Waals surface area contributed by atoms with Gasteiger partial charge < -0.3 is 9.64 Å². The van der Waals surface area contributed by atoms with E-state index in [2.05, 4.69) is 0 Å². The van der Waals surface area contributed by atoms with Crippen LogP contribution in [0.2, 0.25) is 0 Å². The van der Waals surface area contributed by atoms with Crippen molar-refractivity contribution in [3.8, 4) is 5.75 Å². The lowest BCUT2D eigenvalue weighted by Crippen LogP contribution is -2.30. The summed E-state index contributed by atoms with van der Waals surface area (Å²) in [5.74, 6) is -0.471. The molecule has 6 nitrogen and oxygen atoms in total. The Morgan fingerprint density at radius 2 is 1.59 bits per heavy atom. The molecule has 0 radical (unpaired) electrons. The van der Waals surface area contributed by atoms with E-state index < -0.39 is 0 Å². The van der Waals surface area contributed by atoms with Crippen LogP contribution in [0.5, 0.6) is 5.75 Å². The Morgan fingerprint density at radius 1 is 0.938 bits per heavy atom. The third kappa shape index (κ3) is 3.64. The quantitative estimate of drug-likeness (QED) is 0.566. The molecule has 0 aromatic heterocycles. The van der Waals surface area contributed by atoms with Gasteiger partial charge in [-0.15, -0.1) is 0 Å². The number of anilines is 1. The van der Waals surface area contributed by atoms with E-state index in [-0.39, 0.29) is 24.3 Å². The molecule has 0 bridgehead atoms. The number of ether oxygens (including phenoxy) is 1. The van der Waals surface area contributed by atoms with Crippen LogP contribution in [0.15, 0.2) is 60.7 Å². The Bertz CT molecular complexity index is 1210. The zero-order chi connectivity index (χ0) is 23.0. The van der Waals surface area contributed by atoms with Gasteiger partial charge >= 0.3 is 0 Å². The molecule has 4 rings (SSSR count). The lowest BCUT2D eigenvalue weighted by molar-refractivity contribution is 0.0642. The Balaban J connectivity index is 1.65. The topological polar surface area (TPSA) is 66.9 Å². The van der Waals surface area contributed by atoms with E-state index in [1.165, 1.54) is 12.0 Å². The lowest BCUT2D eigenvalue weighted by Gasteiger charge is -2.22. The molecule has 0 N–H and O–H groups in total. The maximum absolute atomic E-state index is 13.4. The van der Waals surface area contributed by atoms with Crippen LogP contribution in [-0.4, -0.2) is 36.8 Å². The van der Waals surface area contributed by atoms with E-state index in [0.717, 1.165) is 16.8 Å². The first-order valence-corrected chi connectivity index (χ1v) is 10.3. The minimum absolute atomic E-state index is 0.0732. The summed E-state index contributed by atoms with van der Waals surface area (Å²) < 4.78 is 5.43. The normalized spacial score (nSPS) is 12.7. The molecule has 1 aliphatic heterocycles. The highest BCUT2D eigenvalue weighted by molar-refractivity contribution is 6.21. The summed E-state index contributed by atoms with van der Waals surface area (Å²) in [4.78, 5) is 41.6. The minimum Gasteiger partial charge on any atom is -0.496 e. The molecule has 0 fully saturated rings. The van der Waals surface area contributed by atoms with Crippen LogP contribution in [0.3, 0.4) is 0 Å². The fraction of sp³-hybridized carbons (Fsp3) is 0.192. The van der Waals surface area contributed by atoms with E-state index >= 15 is 0 Å². The van der Waals surface area contributed by atoms with Gasteiger partial charge in [-0.2, -0.15) is 0 Å². The van der Waals surface area contributed by atoms with Crippen molar-refractivity contribution in [2.45, 2.75) is 20.4 Å². The number of rotatable bonds is 5. The Kier molecular flexibility index (Phi) is 5.53. The van der Waals surface area contributed by atoms with Crippen molar-refractivity contribution in [2.24, 2.45) is 0 Å². The van der Waals surface area contributed by atoms with Gasteiger partial charge in [-0.3, -0.25) is 19.3 Å². The molecule has 3 aromatic carbocycles. The summed E-state index contributed by atoms with van der Waals surface area (Å²) in [6, 6.07) is 17.9. The number of methoxy groups -OCH3 is 1. The van der Waals surface area contributed by atoms with Gasteiger partial charge in [0.25, 0.3) is 17.7 Å². The highest BCUT2D eigenvalue weighted by Gasteiger charge is 2.35. The Morgan fingerprint density at radius 3 is 2.22 bits per heavy atom. The number of carbonyl (C=O) groups excluding carboxylic acids is 3. The van der Waals surface area contributed by atoms with Crippen LogP contribution in [0.1, 0.15) is 47.8 Å². The predicted molar refractivity (Wildman–Crippen MR) is 122 cm³/mol. The van der Waals surface area contributed by atoms with Crippen molar-refractivity contribution < 1.29 is 19.1 Å². The van der Waals surface area contributed by atoms with Gasteiger partial charge in [0.2, 0.25) is 0 Å². The molecule has 162 valence electrons. The lowest BCUT2D eigenvalue weighted by atomic mass is 10.1. The molecule has 32 heavy (non-hydrogen) atoms. The summed E-state index contributed by atoms with van der Waals surface area (Å²) in [6.07, 6.45) is 0. The first-order chi connectivity index (χ1) is 15.3. The highest BCUT2D eigenvalue weighted by Crippen LogP contribution is 2.29. The molecule has 3 aromatic rings. The molecule has 3 amide bonds. The van der Waals surface area contributed by atoms with E-state index in [4.69, 9.17) is 4.74 Å². The number of fused-ring (bicyclic) bond motifs is 1. The molecule has 6 heteroatoms. The summed E-state index contributed by atoms with van der Waals surface area (Å²) in [7, 11) is 3.23. The number of imide groups is 1. The highest BCUT2D eigenvalue weighted by atomic mass is 16.5. The first-order valence-electron chi connectivity index (χ1n) is 10.3. The van der Waals surface area contributed by atoms with Crippen LogP contribution in [0.25, 0.3) is 0 Å². The largest absolute Gasteiger partial charge is 0.496 e. The monoisotopic (exact) mass is 428 g/mol. The fourth-order valence-corrected chi connectivity index (χ4v) is 3.96. The van der Waals surface area contributed by atoms with E-state index in [9.17, 15) is 14.4 Å². The third-order valence-corrected chi connectivity index (χ3v) is 5.74. The number of benzene rings is 3. The van der Waals surface area contributed by atoms with Crippen LogP contribution in [0, 0.1) is 13.8 Å². The third-order valence-electron chi connectivity index (χ3n) is 5.74. The molecule has 1 heterocycles. The molecular weight excluding hydrogens is 404 g/mol. The van der Waals surface area contributed by atoms with Gasteiger partial charge in [-0.1, -0.05) is 30.3 Å². The standard InChI is InChI=1S/C26H24N2O4/c1-16-9-10-17(2)22(13-16)27(3)24(29)21-14-18(11-12-23(21)32-4)15-28-25(30)19-7-5-6-8-20(19)26(28)31/h5-14H,15H2,1-4H3. The van der Waals surface area contributed by atoms with Gasteiger partial charge in [0.1, 0.15) is 5.75 Å². The summed E-state index contributed by atoms with van der Waals surface area (Å²) in [5, 5.41) is 0. The van der Waals surface area contributed by atoms with Gasteiger partial charge in [0.05, 0.1) is 30.3 Å². The van der Waals surface area contributed by atoms with Crippen LogP contribution in [0.4, 0.5) is 5.69 Å². The molecule has 0 aliphatic carbocycles. The molecule has 0 unspecified atom stereocenters. The molecule has 1 aliphatic rings. The molecule has 0 spiro atoms.